The van der Waals surface area contributed by atoms with Crippen LogP contribution < -0.4 is 10.2 Å². The van der Waals surface area contributed by atoms with E-state index in [0.29, 0.717) is 11.3 Å². The summed E-state index contributed by atoms with van der Waals surface area (Å²) in [6, 6.07) is 20.5. The minimum absolute atomic E-state index is 0.134. The minimum Gasteiger partial charge on any atom is -0.351 e. The SMILES string of the molecule is O=C(NC1CCCC1)C(c1cccnc1)N(C(=O)CCl)c1ccc(-c2ccccc2)cc1. The molecule has 1 atom stereocenters. The number of carbonyl (C=O) groups is 2. The van der Waals surface area contributed by atoms with Gasteiger partial charge in [-0.15, -0.1) is 11.6 Å². The summed E-state index contributed by atoms with van der Waals surface area (Å²) in [5.74, 6) is -0.779. The number of hydrogen-bond donors (Lipinski definition) is 1. The van der Waals surface area contributed by atoms with Crippen molar-refractivity contribution in [2.24, 2.45) is 0 Å². The molecule has 1 unspecified atom stereocenters. The van der Waals surface area contributed by atoms with Gasteiger partial charge in [-0.2, -0.15) is 0 Å². The molecule has 1 fully saturated rings. The molecule has 1 N–H and O–H groups in total. The third kappa shape index (κ3) is 5.00. The van der Waals surface area contributed by atoms with Gasteiger partial charge in [0.1, 0.15) is 11.9 Å². The van der Waals surface area contributed by atoms with Crippen LogP contribution >= 0.6 is 11.6 Å². The van der Waals surface area contributed by atoms with Crippen molar-refractivity contribution in [1.29, 1.82) is 0 Å². The van der Waals surface area contributed by atoms with Crippen LogP contribution in [0.4, 0.5) is 5.69 Å². The first-order valence-corrected chi connectivity index (χ1v) is 11.4. The van der Waals surface area contributed by atoms with Crippen molar-refractivity contribution in [2.45, 2.75) is 37.8 Å². The maximum Gasteiger partial charge on any atom is 0.248 e. The molecular formula is C26H26ClN3O2. The fourth-order valence-electron chi connectivity index (χ4n) is 4.25. The van der Waals surface area contributed by atoms with Crippen molar-refractivity contribution in [3.05, 3.63) is 84.7 Å². The zero-order valence-corrected chi connectivity index (χ0v) is 18.5. The first kappa shape index (κ1) is 22.0. The monoisotopic (exact) mass is 447 g/mol. The summed E-state index contributed by atoms with van der Waals surface area (Å²) in [6.07, 6.45) is 7.41. The van der Waals surface area contributed by atoms with Crippen LogP contribution in [0.1, 0.15) is 37.3 Å². The van der Waals surface area contributed by atoms with Gasteiger partial charge in [-0.05, 0) is 42.2 Å². The molecule has 164 valence electrons. The Morgan fingerprint density at radius 1 is 0.969 bits per heavy atom. The normalized spacial score (nSPS) is 14.7. The third-order valence-corrected chi connectivity index (χ3v) is 6.07. The minimum atomic E-state index is -0.849. The molecule has 0 saturated heterocycles. The molecule has 1 saturated carbocycles. The van der Waals surface area contributed by atoms with Crippen LogP contribution in [0, 0.1) is 0 Å². The zero-order valence-electron chi connectivity index (χ0n) is 17.8. The number of halogens is 1. The predicted octanol–water partition coefficient (Wildman–Crippen LogP) is 5.12. The molecule has 0 radical (unpaired) electrons. The molecule has 0 bridgehead atoms. The second kappa shape index (κ2) is 10.4. The molecular weight excluding hydrogens is 422 g/mol. The van der Waals surface area contributed by atoms with E-state index in [4.69, 9.17) is 11.6 Å². The Balaban J connectivity index is 1.70. The molecule has 0 spiro atoms. The maximum atomic E-state index is 13.4. The molecule has 1 aliphatic rings. The van der Waals surface area contributed by atoms with Crippen LogP contribution in [-0.4, -0.2) is 28.7 Å². The summed E-state index contributed by atoms with van der Waals surface area (Å²) in [4.78, 5) is 32.1. The Morgan fingerprint density at radius 3 is 2.28 bits per heavy atom. The van der Waals surface area contributed by atoms with Crippen LogP contribution in [0.2, 0.25) is 0 Å². The fraction of sp³-hybridized carbons (Fsp3) is 0.269. The first-order valence-electron chi connectivity index (χ1n) is 10.9. The Bertz CT molecular complexity index is 1040. The molecule has 2 aromatic carbocycles. The average molecular weight is 448 g/mol. The van der Waals surface area contributed by atoms with Crippen molar-refractivity contribution in [3.63, 3.8) is 0 Å². The second-order valence-electron chi connectivity index (χ2n) is 7.99. The van der Waals surface area contributed by atoms with Gasteiger partial charge in [-0.1, -0.05) is 61.4 Å². The molecule has 2 amide bonds. The molecule has 1 heterocycles. The Kier molecular flexibility index (Phi) is 7.17. The Hall–Kier alpha value is -3.18. The standard InChI is InChI=1S/C26H26ClN3O2/c27-17-24(31)30(23-14-12-20(13-15-23)19-7-2-1-3-8-19)25(21-9-6-16-28-18-21)26(32)29-22-10-4-5-11-22/h1-3,6-9,12-16,18,22,25H,4-5,10-11,17H2,(H,29,32). The average Bonchev–Trinajstić information content (AvgIpc) is 3.36. The lowest BCUT2D eigenvalue weighted by Gasteiger charge is -2.32. The van der Waals surface area contributed by atoms with Gasteiger partial charge >= 0.3 is 0 Å². The lowest BCUT2D eigenvalue weighted by Crippen LogP contribution is -2.46. The summed E-state index contributed by atoms with van der Waals surface area (Å²) in [7, 11) is 0. The van der Waals surface area contributed by atoms with E-state index < -0.39 is 6.04 Å². The van der Waals surface area contributed by atoms with Gasteiger partial charge in [0.25, 0.3) is 0 Å². The smallest absolute Gasteiger partial charge is 0.248 e. The van der Waals surface area contributed by atoms with E-state index >= 15 is 0 Å². The van der Waals surface area contributed by atoms with Gasteiger partial charge in [0.15, 0.2) is 0 Å². The summed E-state index contributed by atoms with van der Waals surface area (Å²) in [5, 5.41) is 3.14. The zero-order chi connectivity index (χ0) is 22.3. The number of hydrogen-bond acceptors (Lipinski definition) is 3. The van der Waals surface area contributed by atoms with Gasteiger partial charge in [0.2, 0.25) is 11.8 Å². The van der Waals surface area contributed by atoms with Crippen LogP contribution in [0.25, 0.3) is 11.1 Å². The van der Waals surface area contributed by atoms with Crippen molar-refractivity contribution in [1.82, 2.24) is 10.3 Å². The number of anilines is 1. The number of pyridine rings is 1. The number of nitrogens with zero attached hydrogens (tertiary/aromatic N) is 2. The van der Waals surface area contributed by atoms with Gasteiger partial charge in [-0.25, -0.2) is 0 Å². The van der Waals surface area contributed by atoms with Crippen molar-refractivity contribution >= 4 is 29.1 Å². The number of rotatable bonds is 7. The van der Waals surface area contributed by atoms with Crippen LogP contribution in [0.15, 0.2) is 79.1 Å². The number of nitrogens with one attached hydrogen (secondary N) is 1. The van der Waals surface area contributed by atoms with Gasteiger partial charge in [-0.3, -0.25) is 19.5 Å². The highest BCUT2D eigenvalue weighted by Gasteiger charge is 2.34. The Morgan fingerprint density at radius 2 is 1.66 bits per heavy atom. The molecule has 0 aliphatic heterocycles. The lowest BCUT2D eigenvalue weighted by atomic mass is 10.0. The molecule has 1 aliphatic carbocycles. The Labute approximate surface area is 193 Å². The quantitative estimate of drug-likeness (QED) is 0.511. The van der Waals surface area contributed by atoms with Crippen LogP contribution in [0.5, 0.6) is 0 Å². The van der Waals surface area contributed by atoms with Gasteiger partial charge in [0.05, 0.1) is 0 Å². The number of amides is 2. The molecule has 3 aromatic rings. The number of carbonyl (C=O) groups excluding carboxylic acids is 2. The van der Waals surface area contributed by atoms with Crippen LogP contribution in [0.3, 0.4) is 0 Å². The lowest BCUT2D eigenvalue weighted by molar-refractivity contribution is -0.126. The van der Waals surface area contributed by atoms with E-state index in [1.54, 1.807) is 18.5 Å². The van der Waals surface area contributed by atoms with Gasteiger partial charge < -0.3 is 5.32 Å². The molecule has 4 rings (SSSR count). The van der Waals surface area contributed by atoms with E-state index in [0.717, 1.165) is 36.8 Å². The first-order chi connectivity index (χ1) is 15.7. The van der Waals surface area contributed by atoms with E-state index in [1.165, 1.54) is 4.90 Å². The second-order valence-corrected chi connectivity index (χ2v) is 8.26. The molecule has 32 heavy (non-hydrogen) atoms. The van der Waals surface area contributed by atoms with E-state index in [-0.39, 0.29) is 23.7 Å². The highest BCUT2D eigenvalue weighted by atomic mass is 35.5. The number of aromatic nitrogens is 1. The highest BCUT2D eigenvalue weighted by molar-refractivity contribution is 6.29. The maximum absolute atomic E-state index is 13.4. The summed E-state index contributed by atoms with van der Waals surface area (Å²) >= 11 is 5.99. The summed E-state index contributed by atoms with van der Waals surface area (Å²) in [6.45, 7) is 0. The molecule has 1 aromatic heterocycles. The predicted molar refractivity (Wildman–Crippen MR) is 127 cm³/mol. The largest absolute Gasteiger partial charge is 0.351 e. The highest BCUT2D eigenvalue weighted by Crippen LogP contribution is 2.31. The van der Waals surface area contributed by atoms with E-state index in [1.807, 2.05) is 60.7 Å². The molecule has 6 heteroatoms. The van der Waals surface area contributed by atoms with Crippen LogP contribution in [-0.2, 0) is 9.59 Å². The van der Waals surface area contributed by atoms with Crippen molar-refractivity contribution in [3.8, 4) is 11.1 Å². The number of alkyl halides is 1. The third-order valence-electron chi connectivity index (χ3n) is 5.84. The number of benzene rings is 2. The summed E-state index contributed by atoms with van der Waals surface area (Å²) in [5.41, 5.74) is 3.37. The summed E-state index contributed by atoms with van der Waals surface area (Å²) < 4.78 is 0. The molecule has 5 nitrogen and oxygen atoms in total. The fourth-order valence-corrected chi connectivity index (χ4v) is 4.38. The van der Waals surface area contributed by atoms with Gasteiger partial charge in [0, 0.05) is 29.7 Å². The topological polar surface area (TPSA) is 62.3 Å². The van der Waals surface area contributed by atoms with Crippen molar-refractivity contribution in [2.75, 3.05) is 10.8 Å². The van der Waals surface area contributed by atoms with E-state index in [9.17, 15) is 9.59 Å². The van der Waals surface area contributed by atoms with E-state index in [2.05, 4.69) is 10.3 Å². The van der Waals surface area contributed by atoms with Crippen molar-refractivity contribution < 1.29 is 9.59 Å².